The lowest BCUT2D eigenvalue weighted by Crippen LogP contribution is -2.29. The van der Waals surface area contributed by atoms with Crippen molar-refractivity contribution < 1.29 is 37.6 Å². The van der Waals surface area contributed by atoms with E-state index in [9.17, 15) is 19.0 Å². The van der Waals surface area contributed by atoms with Gasteiger partial charge < -0.3 is 20.1 Å². The van der Waals surface area contributed by atoms with Crippen LogP contribution in [0.15, 0.2) is 194 Å². The molecule has 3 N–H and O–H groups in total. The number of hydrogen-bond donors (Lipinski definition) is 2. The number of hydrogen-bond acceptors (Lipinski definition) is 8. The maximum Gasteiger partial charge on any atom is 0.472 e. The predicted molar refractivity (Wildman–Crippen MR) is 348 cm³/mol. The third kappa shape index (κ3) is 63.9. The van der Waals surface area contributed by atoms with E-state index in [2.05, 4.69) is 208 Å². The second kappa shape index (κ2) is 64.0. The minimum absolute atomic E-state index is 0.0349. The van der Waals surface area contributed by atoms with Crippen LogP contribution in [0, 0.1) is 0 Å². The zero-order chi connectivity index (χ0) is 58.7. The van der Waals surface area contributed by atoms with Crippen molar-refractivity contribution in [3.63, 3.8) is 0 Å². The highest BCUT2D eigenvalue weighted by molar-refractivity contribution is 7.47. The van der Waals surface area contributed by atoms with E-state index >= 15 is 0 Å². The van der Waals surface area contributed by atoms with Crippen molar-refractivity contribution in [2.45, 2.75) is 213 Å². The fourth-order valence-electron chi connectivity index (χ4n) is 7.49. The van der Waals surface area contributed by atoms with Crippen molar-refractivity contribution in [3.05, 3.63) is 194 Å². The summed E-state index contributed by atoms with van der Waals surface area (Å²) < 4.78 is 33.0. The van der Waals surface area contributed by atoms with Crippen molar-refractivity contribution in [1.82, 2.24) is 0 Å². The summed E-state index contributed by atoms with van der Waals surface area (Å²) in [5.41, 5.74) is 5.38. The molecule has 452 valence electrons. The summed E-state index contributed by atoms with van der Waals surface area (Å²) in [5.74, 6) is -0.897. The van der Waals surface area contributed by atoms with Crippen LogP contribution < -0.4 is 5.73 Å². The standard InChI is InChI=1S/C71H110NO8P/c1-3-5-7-9-11-13-15-17-19-21-23-25-27-29-30-31-32-33-34-35-36-37-38-40-42-44-46-48-50-52-54-56-58-60-62-64-71(74)80-69(68-79-81(75,76)78-66-65-72)67-77-70(73)63-61-59-57-55-53-51-49-47-45-43-41-39-28-26-24-22-20-18-16-14-12-10-8-6-4-2/h5-8,11-14,17-20,23-26,29-30,32-33,35-36,38-41,44-47,51,53,69H,3-4,9-10,15-16,21-22,27-28,31,34,37,42-43,48-50,52,54-68,72H2,1-2H3,(H,75,76)/b7-5-,8-6-,13-11-,14-12-,19-17-,20-18-,25-23-,26-24-,30-29-,33-32-,36-35-,40-38-,41-39-,46-44-,47-45-,53-51-. The number of carbonyl (C=O) groups is 2. The normalized spacial score (nSPS) is 14.4. The highest BCUT2D eigenvalue weighted by atomic mass is 31.2. The van der Waals surface area contributed by atoms with Crippen molar-refractivity contribution in [3.8, 4) is 0 Å². The van der Waals surface area contributed by atoms with Gasteiger partial charge in [0.25, 0.3) is 0 Å². The first-order valence-electron chi connectivity index (χ1n) is 30.9. The topological polar surface area (TPSA) is 134 Å². The van der Waals surface area contributed by atoms with Gasteiger partial charge in [-0.25, -0.2) is 4.57 Å². The second-order valence-electron chi connectivity index (χ2n) is 19.5. The summed E-state index contributed by atoms with van der Waals surface area (Å²) in [4.78, 5) is 35.2. The highest BCUT2D eigenvalue weighted by Gasteiger charge is 2.26. The van der Waals surface area contributed by atoms with E-state index in [-0.39, 0.29) is 32.6 Å². The van der Waals surface area contributed by atoms with E-state index in [1.165, 1.54) is 12.8 Å². The molecular formula is C71H110NO8P. The van der Waals surface area contributed by atoms with Crippen LogP contribution in [0.2, 0.25) is 0 Å². The van der Waals surface area contributed by atoms with E-state index in [4.69, 9.17) is 24.3 Å². The Hall–Kier alpha value is -5.15. The van der Waals surface area contributed by atoms with Gasteiger partial charge in [0.05, 0.1) is 13.2 Å². The van der Waals surface area contributed by atoms with Crippen molar-refractivity contribution >= 4 is 19.8 Å². The first-order valence-corrected chi connectivity index (χ1v) is 32.4. The molecule has 0 amide bonds. The van der Waals surface area contributed by atoms with E-state index in [1.54, 1.807) is 0 Å². The number of ether oxygens (including phenoxy) is 2. The van der Waals surface area contributed by atoms with Gasteiger partial charge in [-0.1, -0.05) is 247 Å². The number of carbonyl (C=O) groups excluding carboxylic acids is 2. The van der Waals surface area contributed by atoms with Crippen molar-refractivity contribution in [1.29, 1.82) is 0 Å². The molecule has 0 spiro atoms. The van der Waals surface area contributed by atoms with E-state index in [1.807, 2.05) is 0 Å². The zero-order valence-corrected chi connectivity index (χ0v) is 51.3. The van der Waals surface area contributed by atoms with Crippen LogP contribution in [0.4, 0.5) is 0 Å². The van der Waals surface area contributed by atoms with Crippen LogP contribution in [0.25, 0.3) is 0 Å². The molecule has 0 aromatic heterocycles. The third-order valence-electron chi connectivity index (χ3n) is 12.0. The van der Waals surface area contributed by atoms with Crippen LogP contribution in [0.5, 0.6) is 0 Å². The molecule has 0 aliphatic heterocycles. The number of phosphoric acid groups is 1. The average molecular weight is 1140 g/mol. The van der Waals surface area contributed by atoms with Gasteiger partial charge in [-0.15, -0.1) is 0 Å². The molecular weight excluding hydrogens is 1030 g/mol. The lowest BCUT2D eigenvalue weighted by atomic mass is 10.1. The monoisotopic (exact) mass is 1140 g/mol. The molecule has 0 aromatic rings. The number of rotatable bonds is 55. The second-order valence-corrected chi connectivity index (χ2v) is 20.9. The van der Waals surface area contributed by atoms with Gasteiger partial charge in [-0.2, -0.15) is 0 Å². The van der Waals surface area contributed by atoms with Gasteiger partial charge in [0, 0.05) is 19.4 Å². The Labute approximate surface area is 494 Å². The fourth-order valence-corrected chi connectivity index (χ4v) is 8.25. The molecule has 0 saturated heterocycles. The highest BCUT2D eigenvalue weighted by Crippen LogP contribution is 2.43. The van der Waals surface area contributed by atoms with Gasteiger partial charge in [0.15, 0.2) is 6.10 Å². The Morgan fingerprint density at radius 3 is 0.963 bits per heavy atom. The van der Waals surface area contributed by atoms with Crippen molar-refractivity contribution in [2.24, 2.45) is 5.73 Å². The van der Waals surface area contributed by atoms with Crippen LogP contribution in [-0.2, 0) is 32.7 Å². The lowest BCUT2D eigenvalue weighted by Gasteiger charge is -2.19. The van der Waals surface area contributed by atoms with Gasteiger partial charge in [0.1, 0.15) is 6.61 Å². The van der Waals surface area contributed by atoms with E-state index < -0.39 is 32.5 Å². The largest absolute Gasteiger partial charge is 0.472 e. The lowest BCUT2D eigenvalue weighted by molar-refractivity contribution is -0.161. The van der Waals surface area contributed by atoms with Crippen LogP contribution in [-0.4, -0.2) is 49.3 Å². The Morgan fingerprint density at radius 1 is 0.370 bits per heavy atom. The van der Waals surface area contributed by atoms with Gasteiger partial charge in [-0.3, -0.25) is 18.6 Å². The third-order valence-corrected chi connectivity index (χ3v) is 13.0. The molecule has 2 atom stereocenters. The summed E-state index contributed by atoms with van der Waals surface area (Å²) >= 11 is 0. The number of allylic oxidation sites excluding steroid dienone is 32. The SMILES string of the molecule is CC/C=C\C/C=C\C/C=C\C/C=C\C/C=C\C/C=C\C/C=C\C/C=C\C/C=C\CCCCCCCCCC(=O)OC(COC(=O)CCCCC/C=C\C/C=C\C/C=C\C/C=C\C/C=C\C/C=C\C/C=C\CC)COP(=O)(O)OCCN. The molecule has 2 unspecified atom stereocenters. The number of esters is 2. The molecule has 0 aliphatic carbocycles. The van der Waals surface area contributed by atoms with Gasteiger partial charge in [0.2, 0.25) is 0 Å². The molecule has 0 aromatic carbocycles. The first kappa shape index (κ1) is 75.8. The predicted octanol–water partition coefficient (Wildman–Crippen LogP) is 20.2. The Kier molecular flexibility index (Phi) is 60.0. The molecule has 0 radical (unpaired) electrons. The minimum atomic E-state index is -4.42. The average Bonchev–Trinajstić information content (AvgIpc) is 3.46. The molecule has 0 rings (SSSR count). The molecule has 0 heterocycles. The molecule has 81 heavy (non-hydrogen) atoms. The molecule has 0 fully saturated rings. The summed E-state index contributed by atoms with van der Waals surface area (Å²) in [5, 5.41) is 0. The van der Waals surface area contributed by atoms with Crippen molar-refractivity contribution in [2.75, 3.05) is 26.4 Å². The van der Waals surface area contributed by atoms with Crippen LogP contribution >= 0.6 is 7.82 Å². The fraction of sp³-hybridized carbons (Fsp3) is 0.521. The Balaban J connectivity index is 4.12. The molecule has 10 heteroatoms. The molecule has 9 nitrogen and oxygen atoms in total. The maximum atomic E-state index is 12.7. The molecule has 0 aliphatic rings. The quantitative estimate of drug-likeness (QED) is 0.0264. The first-order chi connectivity index (χ1) is 39.8. The maximum absolute atomic E-state index is 12.7. The van der Waals surface area contributed by atoms with Crippen LogP contribution in [0.3, 0.4) is 0 Å². The molecule has 0 bridgehead atoms. The van der Waals surface area contributed by atoms with Gasteiger partial charge >= 0.3 is 19.8 Å². The van der Waals surface area contributed by atoms with E-state index in [0.717, 1.165) is 154 Å². The number of phosphoric ester groups is 1. The number of nitrogens with two attached hydrogens (primary N) is 1. The smallest absolute Gasteiger partial charge is 0.462 e. The summed E-state index contributed by atoms with van der Waals surface area (Å²) in [7, 11) is -4.42. The van der Waals surface area contributed by atoms with Gasteiger partial charge in [-0.05, 0) is 141 Å². The summed E-state index contributed by atoms with van der Waals surface area (Å²) in [6.45, 7) is 3.43. The zero-order valence-electron chi connectivity index (χ0n) is 50.4. The summed E-state index contributed by atoms with van der Waals surface area (Å²) in [6, 6.07) is 0. The minimum Gasteiger partial charge on any atom is -0.462 e. The number of unbranched alkanes of at least 4 members (excludes halogenated alkanes) is 10. The summed E-state index contributed by atoms with van der Waals surface area (Å²) in [6.07, 6.45) is 97.7. The van der Waals surface area contributed by atoms with Crippen LogP contribution in [0.1, 0.15) is 206 Å². The Morgan fingerprint density at radius 2 is 0.642 bits per heavy atom. The Bertz CT molecular complexity index is 2020. The molecule has 0 saturated carbocycles. The van der Waals surface area contributed by atoms with E-state index in [0.29, 0.717) is 12.8 Å².